The fourth-order valence-corrected chi connectivity index (χ4v) is 0.224. The van der Waals surface area contributed by atoms with E-state index in [-0.39, 0.29) is 5.60 Å². The molecule has 0 aromatic rings. The Morgan fingerprint density at radius 3 is 2.33 bits per heavy atom. The lowest BCUT2D eigenvalue weighted by atomic mass is 10.2. The summed E-state index contributed by atoms with van der Waals surface area (Å²) in [5.74, 6) is 2.60. The van der Waals surface area contributed by atoms with Gasteiger partial charge in [0, 0.05) is 0 Å². The number of hydrogen-bond acceptors (Lipinski definition) is 1. The minimum Gasteiger partial charge on any atom is -0.441 e. The fourth-order valence-electron chi connectivity index (χ4n) is 0.224. The molecular formula is C8H12O. The molecule has 0 aromatic carbocycles. The van der Waals surface area contributed by atoms with Crippen LogP contribution in [0.15, 0.2) is 12.7 Å². The van der Waals surface area contributed by atoms with Gasteiger partial charge in [-0.2, -0.15) is 0 Å². The molecule has 0 aliphatic carbocycles. The third kappa shape index (κ3) is 7.10. The van der Waals surface area contributed by atoms with Crippen LogP contribution in [0.4, 0.5) is 0 Å². The Kier molecular flexibility index (Phi) is 2.87. The van der Waals surface area contributed by atoms with Crippen LogP contribution in [0.2, 0.25) is 0 Å². The van der Waals surface area contributed by atoms with Gasteiger partial charge >= 0.3 is 0 Å². The summed E-state index contributed by atoms with van der Waals surface area (Å²) in [4.78, 5) is 0. The van der Waals surface area contributed by atoms with Gasteiger partial charge in [-0.15, -0.1) is 0 Å². The van der Waals surface area contributed by atoms with E-state index in [4.69, 9.17) is 4.74 Å². The van der Waals surface area contributed by atoms with Crippen LogP contribution in [0, 0.1) is 12.0 Å². The zero-order chi connectivity index (χ0) is 7.33. The van der Waals surface area contributed by atoms with Crippen molar-refractivity contribution in [1.82, 2.24) is 0 Å². The number of allylic oxidation sites excluding steroid dienone is 1. The summed E-state index contributed by atoms with van der Waals surface area (Å²) in [5.41, 5.74) is -0.171. The SMILES string of the molecule is C=CC#COC(C)(C)C. The molecule has 0 N–H and O–H groups in total. The lowest BCUT2D eigenvalue weighted by Gasteiger charge is -2.14. The summed E-state index contributed by atoms with van der Waals surface area (Å²) in [6.45, 7) is 9.27. The number of rotatable bonds is 0. The van der Waals surface area contributed by atoms with Crippen LogP contribution >= 0.6 is 0 Å². The molecule has 0 atom stereocenters. The molecule has 1 nitrogen and oxygen atoms in total. The van der Waals surface area contributed by atoms with Crippen LogP contribution in [0.25, 0.3) is 0 Å². The first-order valence-electron chi connectivity index (χ1n) is 2.86. The topological polar surface area (TPSA) is 9.23 Å². The molecule has 0 radical (unpaired) electrons. The molecule has 0 fully saturated rings. The minimum atomic E-state index is -0.171. The van der Waals surface area contributed by atoms with E-state index in [9.17, 15) is 0 Å². The second-order valence-electron chi connectivity index (χ2n) is 2.66. The molecule has 0 aromatic heterocycles. The van der Waals surface area contributed by atoms with Crippen molar-refractivity contribution >= 4 is 0 Å². The molecule has 0 aliphatic rings. The molecule has 0 heterocycles. The van der Waals surface area contributed by atoms with Crippen molar-refractivity contribution in [3.05, 3.63) is 12.7 Å². The van der Waals surface area contributed by atoms with Crippen LogP contribution in [0.3, 0.4) is 0 Å². The molecule has 0 rings (SSSR count). The normalized spacial score (nSPS) is 9.22. The van der Waals surface area contributed by atoms with E-state index < -0.39 is 0 Å². The predicted octanol–water partition coefficient (Wildman–Crippen LogP) is 1.95. The van der Waals surface area contributed by atoms with Gasteiger partial charge in [0.25, 0.3) is 0 Å². The molecule has 0 bridgehead atoms. The molecule has 0 aliphatic heterocycles. The predicted molar refractivity (Wildman–Crippen MR) is 38.8 cm³/mol. The highest BCUT2D eigenvalue weighted by atomic mass is 16.5. The highest BCUT2D eigenvalue weighted by Crippen LogP contribution is 2.04. The number of hydrogen-bond donors (Lipinski definition) is 0. The van der Waals surface area contributed by atoms with Crippen molar-refractivity contribution in [2.24, 2.45) is 0 Å². The van der Waals surface area contributed by atoms with Gasteiger partial charge in [-0.05, 0) is 32.8 Å². The molecule has 50 valence electrons. The van der Waals surface area contributed by atoms with Crippen molar-refractivity contribution < 1.29 is 4.74 Å². The fraction of sp³-hybridized carbons (Fsp3) is 0.500. The second kappa shape index (κ2) is 3.19. The van der Waals surface area contributed by atoms with Crippen molar-refractivity contribution in [3.63, 3.8) is 0 Å². The Balaban J connectivity index is 3.62. The second-order valence-corrected chi connectivity index (χ2v) is 2.66. The maximum Gasteiger partial charge on any atom is 0.115 e. The van der Waals surface area contributed by atoms with Crippen LogP contribution in [0.1, 0.15) is 20.8 Å². The largest absolute Gasteiger partial charge is 0.441 e. The molecule has 0 unspecified atom stereocenters. The maximum atomic E-state index is 5.04. The summed E-state index contributed by atoms with van der Waals surface area (Å²) in [6, 6.07) is 0. The molecule has 9 heavy (non-hydrogen) atoms. The van der Waals surface area contributed by atoms with Gasteiger partial charge in [0.05, 0.1) is 0 Å². The third-order valence-corrected chi connectivity index (χ3v) is 0.518. The smallest absolute Gasteiger partial charge is 0.115 e. The van der Waals surface area contributed by atoms with Gasteiger partial charge < -0.3 is 4.74 Å². The molecule has 0 saturated heterocycles. The van der Waals surface area contributed by atoms with Crippen LogP contribution < -0.4 is 0 Å². The third-order valence-electron chi connectivity index (χ3n) is 0.518. The quantitative estimate of drug-likeness (QED) is 0.448. The first kappa shape index (κ1) is 8.10. The highest BCUT2D eigenvalue weighted by Gasteiger charge is 2.07. The Hall–Kier alpha value is -0.900. The lowest BCUT2D eigenvalue weighted by Crippen LogP contribution is -2.15. The Labute approximate surface area is 56.7 Å². The molecule has 1 heteroatoms. The van der Waals surface area contributed by atoms with E-state index in [1.54, 1.807) is 0 Å². The van der Waals surface area contributed by atoms with Gasteiger partial charge in [0.1, 0.15) is 11.7 Å². The highest BCUT2D eigenvalue weighted by molar-refractivity contribution is 5.08. The van der Waals surface area contributed by atoms with Gasteiger partial charge in [-0.25, -0.2) is 0 Å². The van der Waals surface area contributed by atoms with E-state index in [0.29, 0.717) is 0 Å². The molecule has 0 amide bonds. The first-order chi connectivity index (χ1) is 4.06. The summed E-state index contributed by atoms with van der Waals surface area (Å²) in [7, 11) is 0. The minimum absolute atomic E-state index is 0.171. The Morgan fingerprint density at radius 1 is 1.44 bits per heavy atom. The zero-order valence-corrected chi connectivity index (χ0v) is 6.19. The first-order valence-corrected chi connectivity index (χ1v) is 2.86. The molecule has 0 saturated carbocycles. The van der Waals surface area contributed by atoms with Crippen molar-refractivity contribution in [2.75, 3.05) is 0 Å². The summed E-state index contributed by atoms with van der Waals surface area (Å²) in [6.07, 6.45) is 4.01. The van der Waals surface area contributed by atoms with Gasteiger partial charge in [-0.1, -0.05) is 6.58 Å². The molecular weight excluding hydrogens is 112 g/mol. The van der Waals surface area contributed by atoms with Crippen LogP contribution in [0.5, 0.6) is 0 Å². The van der Waals surface area contributed by atoms with Crippen molar-refractivity contribution in [2.45, 2.75) is 26.4 Å². The zero-order valence-electron chi connectivity index (χ0n) is 6.19. The Morgan fingerprint density at radius 2 is 2.00 bits per heavy atom. The lowest BCUT2D eigenvalue weighted by molar-refractivity contribution is 0.0963. The van der Waals surface area contributed by atoms with E-state index in [2.05, 4.69) is 18.6 Å². The average molecular weight is 124 g/mol. The average Bonchev–Trinajstić information content (AvgIpc) is 1.63. The van der Waals surface area contributed by atoms with Crippen LogP contribution in [-0.4, -0.2) is 5.60 Å². The molecule has 0 spiro atoms. The van der Waals surface area contributed by atoms with E-state index in [0.717, 1.165) is 0 Å². The van der Waals surface area contributed by atoms with Gasteiger partial charge in [0.15, 0.2) is 0 Å². The summed E-state index contributed by atoms with van der Waals surface area (Å²) >= 11 is 0. The van der Waals surface area contributed by atoms with E-state index in [1.807, 2.05) is 20.8 Å². The number of ether oxygens (including phenoxy) is 1. The Bertz CT molecular complexity index is 140. The standard InChI is InChI=1S/C8H12O/c1-5-6-7-9-8(2,3)4/h5H,1H2,2-4H3. The van der Waals surface area contributed by atoms with Gasteiger partial charge in [0.2, 0.25) is 0 Å². The summed E-state index contributed by atoms with van der Waals surface area (Å²) in [5, 5.41) is 0. The maximum absolute atomic E-state index is 5.04. The van der Waals surface area contributed by atoms with E-state index >= 15 is 0 Å². The summed E-state index contributed by atoms with van der Waals surface area (Å²) < 4.78 is 5.04. The monoisotopic (exact) mass is 124 g/mol. The van der Waals surface area contributed by atoms with Crippen molar-refractivity contribution in [1.29, 1.82) is 0 Å². The van der Waals surface area contributed by atoms with E-state index in [1.165, 1.54) is 6.08 Å². The van der Waals surface area contributed by atoms with Crippen LogP contribution in [-0.2, 0) is 4.74 Å². The van der Waals surface area contributed by atoms with Gasteiger partial charge in [-0.3, -0.25) is 0 Å². The van der Waals surface area contributed by atoms with Crippen molar-refractivity contribution in [3.8, 4) is 12.0 Å².